The average molecular weight is 628 g/mol. The van der Waals surface area contributed by atoms with Crippen molar-refractivity contribution < 1.29 is 0 Å². The Labute approximate surface area is 282 Å². The van der Waals surface area contributed by atoms with Crippen LogP contribution in [0.15, 0.2) is 176 Å². The van der Waals surface area contributed by atoms with Gasteiger partial charge in [-0.25, -0.2) is 4.68 Å². The van der Waals surface area contributed by atoms with Crippen LogP contribution in [0.3, 0.4) is 0 Å². The Morgan fingerprint density at radius 3 is 1.45 bits per heavy atom. The maximum Gasteiger partial charge on any atom is 0.121 e. The van der Waals surface area contributed by atoms with Crippen LogP contribution < -0.4 is 0 Å². The summed E-state index contributed by atoms with van der Waals surface area (Å²) in [4.78, 5) is 0. The van der Waals surface area contributed by atoms with E-state index in [1.165, 1.54) is 32.6 Å². The molecule has 0 saturated heterocycles. The zero-order valence-electron chi connectivity index (χ0n) is 26.5. The number of hydrogen-bond acceptors (Lipinski definition) is 2. The molecule has 0 atom stereocenters. The van der Waals surface area contributed by atoms with Crippen molar-refractivity contribution in [1.29, 1.82) is 0 Å². The Hall–Kier alpha value is -6.72. The molecular weight excluding hydrogens is 599 g/mol. The fourth-order valence-electron chi connectivity index (χ4n) is 7.45. The lowest BCUT2D eigenvalue weighted by Crippen LogP contribution is -1.99. The number of nitrogens with zero attached hydrogens (tertiary/aromatic N) is 5. The van der Waals surface area contributed by atoms with Gasteiger partial charge in [-0.15, -0.1) is 5.10 Å². The molecule has 0 fully saturated rings. The molecular formula is C44H29N5. The zero-order chi connectivity index (χ0) is 32.3. The molecule has 0 saturated carbocycles. The molecule has 10 aromatic rings. The van der Waals surface area contributed by atoms with Crippen LogP contribution in [0.2, 0.25) is 0 Å². The lowest BCUT2D eigenvalue weighted by atomic mass is 10.0. The molecule has 0 spiro atoms. The maximum absolute atomic E-state index is 4.78. The first-order chi connectivity index (χ1) is 24.3. The Balaban J connectivity index is 1.17. The van der Waals surface area contributed by atoms with Crippen molar-refractivity contribution in [2.45, 2.75) is 0 Å². The summed E-state index contributed by atoms with van der Waals surface area (Å²) in [5.41, 5.74) is 11.8. The maximum atomic E-state index is 4.78. The van der Waals surface area contributed by atoms with Gasteiger partial charge in [0.05, 0.1) is 27.8 Å². The highest BCUT2D eigenvalue weighted by Gasteiger charge is 2.20. The highest BCUT2D eigenvalue weighted by Crippen LogP contribution is 2.39. The van der Waals surface area contributed by atoms with E-state index in [1.54, 1.807) is 0 Å². The first-order valence-electron chi connectivity index (χ1n) is 16.5. The smallest absolute Gasteiger partial charge is 0.121 e. The van der Waals surface area contributed by atoms with Gasteiger partial charge < -0.3 is 9.13 Å². The van der Waals surface area contributed by atoms with Gasteiger partial charge in [0.1, 0.15) is 11.4 Å². The highest BCUT2D eigenvalue weighted by atomic mass is 15.4. The normalized spacial score (nSPS) is 11.7. The van der Waals surface area contributed by atoms with Gasteiger partial charge in [-0.3, -0.25) is 0 Å². The van der Waals surface area contributed by atoms with Gasteiger partial charge in [0.2, 0.25) is 0 Å². The predicted molar refractivity (Wildman–Crippen MR) is 201 cm³/mol. The molecule has 5 heteroatoms. The molecule has 10 rings (SSSR count). The molecule has 230 valence electrons. The molecule has 0 unspecified atom stereocenters. The van der Waals surface area contributed by atoms with E-state index in [9.17, 15) is 0 Å². The molecule has 0 amide bonds. The van der Waals surface area contributed by atoms with Crippen LogP contribution >= 0.6 is 0 Å². The molecule has 0 aliphatic carbocycles. The fraction of sp³-hybridized carbons (Fsp3) is 0. The van der Waals surface area contributed by atoms with Crippen LogP contribution in [0.5, 0.6) is 0 Å². The molecule has 0 radical (unpaired) electrons. The average Bonchev–Trinajstić information content (AvgIpc) is 3.86. The van der Waals surface area contributed by atoms with E-state index in [2.05, 4.69) is 166 Å². The zero-order valence-corrected chi connectivity index (χ0v) is 26.5. The van der Waals surface area contributed by atoms with Gasteiger partial charge in [0.25, 0.3) is 0 Å². The number of aromatic nitrogens is 5. The monoisotopic (exact) mass is 627 g/mol. The van der Waals surface area contributed by atoms with E-state index in [1.807, 2.05) is 28.9 Å². The van der Waals surface area contributed by atoms with Crippen LogP contribution in [0, 0.1) is 0 Å². The number of rotatable bonds is 5. The number of para-hydroxylation sites is 4. The Morgan fingerprint density at radius 1 is 0.347 bits per heavy atom. The van der Waals surface area contributed by atoms with E-state index in [0.717, 1.165) is 50.6 Å². The molecule has 0 N–H and O–H groups in total. The topological polar surface area (TPSA) is 40.6 Å². The molecule has 0 aliphatic rings. The molecule has 3 aromatic heterocycles. The third-order valence-electron chi connectivity index (χ3n) is 9.59. The summed E-state index contributed by atoms with van der Waals surface area (Å²) in [6, 6.07) is 62.2. The Morgan fingerprint density at radius 2 is 0.837 bits per heavy atom. The first-order valence-corrected chi connectivity index (χ1v) is 16.5. The van der Waals surface area contributed by atoms with Crippen LogP contribution in [0.4, 0.5) is 0 Å². The summed E-state index contributed by atoms with van der Waals surface area (Å²) < 4.78 is 6.70. The summed E-state index contributed by atoms with van der Waals surface area (Å²) in [5, 5.41) is 14.3. The van der Waals surface area contributed by atoms with Crippen LogP contribution in [-0.2, 0) is 0 Å². The van der Waals surface area contributed by atoms with E-state index < -0.39 is 0 Å². The van der Waals surface area contributed by atoms with E-state index in [0.29, 0.717) is 0 Å². The molecule has 5 nitrogen and oxygen atoms in total. The summed E-state index contributed by atoms with van der Waals surface area (Å²) in [6.07, 6.45) is 0. The van der Waals surface area contributed by atoms with Gasteiger partial charge in [0.15, 0.2) is 0 Å². The van der Waals surface area contributed by atoms with E-state index >= 15 is 0 Å². The minimum Gasteiger partial charge on any atom is -0.309 e. The Kier molecular flexibility index (Phi) is 6.11. The highest BCUT2D eigenvalue weighted by molar-refractivity contribution is 6.11. The summed E-state index contributed by atoms with van der Waals surface area (Å²) in [5.74, 6) is 0. The third kappa shape index (κ3) is 4.26. The second-order valence-electron chi connectivity index (χ2n) is 12.4. The fourth-order valence-corrected chi connectivity index (χ4v) is 7.45. The van der Waals surface area contributed by atoms with Crippen LogP contribution in [0.25, 0.3) is 83.2 Å². The van der Waals surface area contributed by atoms with Gasteiger partial charge in [-0.05, 0) is 60.7 Å². The molecule has 7 aromatic carbocycles. The molecule has 49 heavy (non-hydrogen) atoms. The van der Waals surface area contributed by atoms with Gasteiger partial charge in [-0.2, -0.15) is 0 Å². The van der Waals surface area contributed by atoms with E-state index in [4.69, 9.17) is 5.10 Å². The van der Waals surface area contributed by atoms with Crippen molar-refractivity contribution in [3.63, 3.8) is 0 Å². The summed E-state index contributed by atoms with van der Waals surface area (Å²) in [6.45, 7) is 0. The van der Waals surface area contributed by atoms with Crippen molar-refractivity contribution in [2.75, 3.05) is 0 Å². The van der Waals surface area contributed by atoms with Gasteiger partial charge in [-0.1, -0.05) is 120 Å². The quantitative estimate of drug-likeness (QED) is 0.190. The van der Waals surface area contributed by atoms with Gasteiger partial charge in [0, 0.05) is 44.0 Å². The van der Waals surface area contributed by atoms with Crippen LogP contribution in [-0.4, -0.2) is 24.1 Å². The van der Waals surface area contributed by atoms with Crippen LogP contribution in [0.1, 0.15) is 0 Å². The summed E-state index contributed by atoms with van der Waals surface area (Å²) >= 11 is 0. The first kappa shape index (κ1) is 27.4. The molecule has 0 bridgehead atoms. The summed E-state index contributed by atoms with van der Waals surface area (Å²) in [7, 11) is 0. The minimum atomic E-state index is 0.849. The number of hydrogen-bond donors (Lipinski definition) is 0. The lowest BCUT2D eigenvalue weighted by molar-refractivity contribution is 0.808. The SMILES string of the molecule is c1ccc(-c2c(-c3ccc4c(c3)c3ccccc3n4-c3cccc(-n4c5ccccc5c5ccccc54)c3)nnn2-c2ccccc2)cc1. The second-order valence-corrected chi connectivity index (χ2v) is 12.4. The predicted octanol–water partition coefficient (Wildman–Crippen LogP) is 10.8. The number of fused-ring (bicyclic) bond motifs is 6. The van der Waals surface area contributed by atoms with E-state index in [-0.39, 0.29) is 0 Å². The standard InChI is InChI=1S/C44H29N5/c1-3-14-30(15-4-1)44-43(45-46-49(44)32-16-5-2-6-17-32)31-26-27-42-38(28-31)37-22-9-12-25-41(37)48(42)34-19-13-18-33(29-34)47-39-23-10-7-20-35(39)36-21-8-11-24-40(36)47/h1-29H. The van der Waals surface area contributed by atoms with Crippen molar-refractivity contribution in [3.05, 3.63) is 176 Å². The Bertz CT molecular complexity index is 2770. The molecule has 0 aliphatic heterocycles. The number of benzene rings is 7. The van der Waals surface area contributed by atoms with Crippen molar-refractivity contribution in [3.8, 4) is 39.6 Å². The lowest BCUT2D eigenvalue weighted by Gasteiger charge is -2.13. The molecule has 3 heterocycles. The largest absolute Gasteiger partial charge is 0.309 e. The van der Waals surface area contributed by atoms with Gasteiger partial charge >= 0.3 is 0 Å². The van der Waals surface area contributed by atoms with Crippen molar-refractivity contribution in [1.82, 2.24) is 24.1 Å². The van der Waals surface area contributed by atoms with Crippen molar-refractivity contribution in [2.24, 2.45) is 0 Å². The third-order valence-corrected chi connectivity index (χ3v) is 9.59. The van der Waals surface area contributed by atoms with Crippen molar-refractivity contribution >= 4 is 43.6 Å². The second kappa shape index (κ2) is 10.9. The minimum absolute atomic E-state index is 0.849.